The summed E-state index contributed by atoms with van der Waals surface area (Å²) in [6, 6.07) is 14.3. The largest absolute Gasteiger partial charge is 0.368 e. The molecule has 1 saturated heterocycles. The molecule has 1 fully saturated rings. The number of benzene rings is 2. The minimum Gasteiger partial charge on any atom is -0.368 e. The molecule has 0 radical (unpaired) electrons. The Kier molecular flexibility index (Phi) is 3.65. The molecule has 2 heterocycles. The first-order valence-electron chi connectivity index (χ1n) is 7.95. The first-order valence-corrected chi connectivity index (χ1v) is 7.95. The fourth-order valence-corrected chi connectivity index (χ4v) is 3.07. The smallest absolute Gasteiger partial charge is 0.345 e. The SMILES string of the molecule is O=C(N1CCN(c2ccccc2)CC1)n1ncc2ccc(F)cc21. The van der Waals surface area contributed by atoms with E-state index >= 15 is 0 Å². The second-order valence-corrected chi connectivity index (χ2v) is 5.85. The number of halogens is 1. The molecule has 1 aromatic heterocycles. The van der Waals surface area contributed by atoms with E-state index in [1.807, 2.05) is 18.2 Å². The van der Waals surface area contributed by atoms with Crippen molar-refractivity contribution in [1.82, 2.24) is 14.7 Å². The molecule has 0 aliphatic carbocycles. The van der Waals surface area contributed by atoms with E-state index in [1.54, 1.807) is 17.2 Å². The van der Waals surface area contributed by atoms with E-state index in [1.165, 1.54) is 16.8 Å². The molecule has 3 aromatic rings. The molecule has 122 valence electrons. The van der Waals surface area contributed by atoms with Crippen LogP contribution in [0, 0.1) is 5.82 Å². The number of para-hydroxylation sites is 1. The van der Waals surface area contributed by atoms with Crippen molar-refractivity contribution in [2.75, 3.05) is 31.1 Å². The van der Waals surface area contributed by atoms with Crippen LogP contribution in [0.2, 0.25) is 0 Å². The van der Waals surface area contributed by atoms with Gasteiger partial charge in [0.1, 0.15) is 5.82 Å². The lowest BCUT2D eigenvalue weighted by atomic mass is 10.2. The van der Waals surface area contributed by atoms with Crippen molar-refractivity contribution in [2.24, 2.45) is 0 Å². The first-order chi connectivity index (χ1) is 11.7. The first kappa shape index (κ1) is 14.7. The number of piperazine rings is 1. The van der Waals surface area contributed by atoms with Gasteiger partial charge in [0, 0.05) is 43.3 Å². The van der Waals surface area contributed by atoms with Gasteiger partial charge in [-0.3, -0.25) is 0 Å². The van der Waals surface area contributed by atoms with Crippen LogP contribution in [0.15, 0.2) is 54.7 Å². The van der Waals surface area contributed by atoms with Gasteiger partial charge in [-0.2, -0.15) is 9.78 Å². The summed E-state index contributed by atoms with van der Waals surface area (Å²) in [5.74, 6) is -0.369. The summed E-state index contributed by atoms with van der Waals surface area (Å²) >= 11 is 0. The van der Waals surface area contributed by atoms with E-state index in [2.05, 4.69) is 22.1 Å². The molecule has 0 N–H and O–H groups in total. The minimum absolute atomic E-state index is 0.205. The van der Waals surface area contributed by atoms with E-state index in [0.29, 0.717) is 18.6 Å². The summed E-state index contributed by atoms with van der Waals surface area (Å²) < 4.78 is 14.8. The molecule has 0 bridgehead atoms. The maximum atomic E-state index is 13.5. The van der Waals surface area contributed by atoms with Gasteiger partial charge in [0.2, 0.25) is 0 Å². The average molecular weight is 324 g/mol. The van der Waals surface area contributed by atoms with Crippen molar-refractivity contribution in [2.45, 2.75) is 0 Å². The molecule has 1 aliphatic rings. The van der Waals surface area contributed by atoms with E-state index in [4.69, 9.17) is 0 Å². The van der Waals surface area contributed by atoms with Crippen molar-refractivity contribution >= 4 is 22.6 Å². The Hall–Kier alpha value is -2.89. The topological polar surface area (TPSA) is 41.4 Å². The molecule has 0 atom stereocenters. The number of hydrogen-bond donors (Lipinski definition) is 0. The van der Waals surface area contributed by atoms with Gasteiger partial charge in [-0.15, -0.1) is 0 Å². The quantitative estimate of drug-likeness (QED) is 0.691. The van der Waals surface area contributed by atoms with Crippen LogP contribution >= 0.6 is 0 Å². The van der Waals surface area contributed by atoms with Gasteiger partial charge in [-0.25, -0.2) is 9.18 Å². The lowest BCUT2D eigenvalue weighted by Crippen LogP contribution is -2.50. The molecule has 1 amide bonds. The fourth-order valence-electron chi connectivity index (χ4n) is 3.07. The van der Waals surface area contributed by atoms with Crippen LogP contribution in [0.4, 0.5) is 14.9 Å². The molecule has 4 rings (SSSR count). The number of anilines is 1. The number of hydrogen-bond acceptors (Lipinski definition) is 3. The van der Waals surface area contributed by atoms with E-state index in [-0.39, 0.29) is 11.8 Å². The lowest BCUT2D eigenvalue weighted by Gasteiger charge is -2.35. The zero-order valence-electron chi connectivity index (χ0n) is 13.1. The summed E-state index contributed by atoms with van der Waals surface area (Å²) in [5, 5.41) is 4.89. The summed E-state index contributed by atoms with van der Waals surface area (Å²) in [4.78, 5) is 16.7. The van der Waals surface area contributed by atoms with Crippen LogP contribution in [0.3, 0.4) is 0 Å². The summed E-state index contributed by atoms with van der Waals surface area (Å²) in [5.41, 5.74) is 1.67. The number of carbonyl (C=O) groups is 1. The Labute approximate surface area is 138 Å². The highest BCUT2D eigenvalue weighted by atomic mass is 19.1. The van der Waals surface area contributed by atoms with Crippen LogP contribution < -0.4 is 4.90 Å². The molecule has 24 heavy (non-hydrogen) atoms. The standard InChI is InChI=1S/C18H17FN4O/c19-15-7-6-14-13-20-23(17(14)12-15)18(24)22-10-8-21(9-11-22)16-4-2-1-3-5-16/h1-7,12-13H,8-11H2. The van der Waals surface area contributed by atoms with E-state index < -0.39 is 0 Å². The monoisotopic (exact) mass is 324 g/mol. The Morgan fingerprint density at radius 2 is 1.75 bits per heavy atom. The highest BCUT2D eigenvalue weighted by Gasteiger charge is 2.24. The number of aromatic nitrogens is 2. The molecule has 0 unspecified atom stereocenters. The summed E-state index contributed by atoms with van der Waals surface area (Å²) in [6.07, 6.45) is 1.59. The molecule has 6 heteroatoms. The molecule has 2 aromatic carbocycles. The third-order valence-electron chi connectivity index (χ3n) is 4.39. The van der Waals surface area contributed by atoms with E-state index in [9.17, 15) is 9.18 Å². The molecule has 0 spiro atoms. The van der Waals surface area contributed by atoms with Gasteiger partial charge < -0.3 is 9.80 Å². The van der Waals surface area contributed by atoms with Crippen LogP contribution in [-0.4, -0.2) is 46.9 Å². The van der Waals surface area contributed by atoms with Crippen LogP contribution in [0.5, 0.6) is 0 Å². The van der Waals surface area contributed by atoms with Crippen LogP contribution in [-0.2, 0) is 0 Å². The van der Waals surface area contributed by atoms with Gasteiger partial charge >= 0.3 is 6.03 Å². The molecular weight excluding hydrogens is 307 g/mol. The second kappa shape index (κ2) is 5.96. The molecule has 1 aliphatic heterocycles. The maximum absolute atomic E-state index is 13.5. The third-order valence-corrected chi connectivity index (χ3v) is 4.39. The average Bonchev–Trinajstić information content (AvgIpc) is 3.05. The van der Waals surface area contributed by atoms with Gasteiger partial charge in [-0.05, 0) is 24.3 Å². The van der Waals surface area contributed by atoms with Crippen molar-refractivity contribution in [3.05, 3.63) is 60.5 Å². The zero-order chi connectivity index (χ0) is 16.5. The fraction of sp³-hybridized carbons (Fsp3) is 0.222. The third kappa shape index (κ3) is 2.60. The number of nitrogens with zero attached hydrogens (tertiary/aromatic N) is 4. The predicted molar refractivity (Wildman–Crippen MR) is 90.7 cm³/mol. The number of carbonyl (C=O) groups excluding carboxylic acids is 1. The number of fused-ring (bicyclic) bond motifs is 1. The Morgan fingerprint density at radius 3 is 2.50 bits per heavy atom. The Morgan fingerprint density at radius 1 is 1.00 bits per heavy atom. The van der Waals surface area contributed by atoms with Crippen molar-refractivity contribution < 1.29 is 9.18 Å². The van der Waals surface area contributed by atoms with Crippen molar-refractivity contribution in [3.8, 4) is 0 Å². The van der Waals surface area contributed by atoms with Gasteiger partial charge in [0.05, 0.1) is 11.7 Å². The predicted octanol–water partition coefficient (Wildman–Crippen LogP) is 2.97. The van der Waals surface area contributed by atoms with Gasteiger partial charge in [-0.1, -0.05) is 18.2 Å². The highest BCUT2D eigenvalue weighted by Crippen LogP contribution is 2.18. The molecule has 5 nitrogen and oxygen atoms in total. The lowest BCUT2D eigenvalue weighted by molar-refractivity contribution is 0.194. The second-order valence-electron chi connectivity index (χ2n) is 5.85. The Bertz CT molecular complexity index is 869. The zero-order valence-corrected chi connectivity index (χ0v) is 13.1. The normalized spacial score (nSPS) is 15.0. The number of rotatable bonds is 1. The Balaban J connectivity index is 1.51. The highest BCUT2D eigenvalue weighted by molar-refractivity contribution is 5.90. The summed E-state index contributed by atoms with van der Waals surface area (Å²) in [7, 11) is 0. The van der Waals surface area contributed by atoms with Crippen LogP contribution in [0.25, 0.3) is 10.9 Å². The summed E-state index contributed by atoms with van der Waals surface area (Å²) in [6.45, 7) is 2.77. The molecule has 0 saturated carbocycles. The van der Waals surface area contributed by atoms with Crippen molar-refractivity contribution in [3.63, 3.8) is 0 Å². The number of amides is 1. The van der Waals surface area contributed by atoms with Gasteiger partial charge in [0.15, 0.2) is 0 Å². The molecular formula is C18H17FN4O. The van der Waals surface area contributed by atoms with Crippen molar-refractivity contribution in [1.29, 1.82) is 0 Å². The van der Waals surface area contributed by atoms with Gasteiger partial charge in [0.25, 0.3) is 0 Å². The van der Waals surface area contributed by atoms with E-state index in [0.717, 1.165) is 24.2 Å². The minimum atomic E-state index is -0.369. The van der Waals surface area contributed by atoms with Crippen LogP contribution in [0.1, 0.15) is 0 Å². The maximum Gasteiger partial charge on any atom is 0.345 e.